The van der Waals surface area contributed by atoms with Gasteiger partial charge < -0.3 is 14.7 Å². The Bertz CT molecular complexity index is 998. The van der Waals surface area contributed by atoms with Crippen LogP contribution in [0.1, 0.15) is 50.4 Å². The van der Waals surface area contributed by atoms with E-state index < -0.39 is 11.0 Å². The molecular formula is C26H36N4O3S. The highest BCUT2D eigenvalue weighted by Crippen LogP contribution is 2.34. The molecule has 0 bridgehead atoms. The van der Waals surface area contributed by atoms with E-state index in [0.717, 1.165) is 38.6 Å². The van der Waals surface area contributed by atoms with Gasteiger partial charge in [-0.05, 0) is 82.3 Å². The highest BCUT2D eigenvalue weighted by Gasteiger charge is 2.31. The first-order valence-electron chi connectivity index (χ1n) is 11.4. The van der Waals surface area contributed by atoms with E-state index in [1.807, 2.05) is 0 Å². The molecule has 1 atom stereocenters. The third-order valence-corrected chi connectivity index (χ3v) is 6.72. The van der Waals surface area contributed by atoms with E-state index in [-0.39, 0.29) is 5.60 Å². The van der Waals surface area contributed by atoms with Crippen molar-refractivity contribution in [1.29, 1.82) is 0 Å². The number of aliphatic hydroxyl groups is 1. The summed E-state index contributed by atoms with van der Waals surface area (Å²) in [5, 5.41) is 10.1. The van der Waals surface area contributed by atoms with Crippen molar-refractivity contribution in [1.82, 2.24) is 4.90 Å². The molecule has 0 aliphatic carbocycles. The molecule has 34 heavy (non-hydrogen) atoms. The van der Waals surface area contributed by atoms with E-state index in [4.69, 9.17) is 0 Å². The number of hydrogen-bond acceptors (Lipinski definition) is 6. The van der Waals surface area contributed by atoms with Gasteiger partial charge in [0.1, 0.15) is 12.0 Å². The molecule has 0 amide bonds. The molecule has 8 heteroatoms. The number of rotatable bonds is 8. The predicted octanol–water partition coefficient (Wildman–Crippen LogP) is 5.18. The number of nitrogens with one attached hydrogen (secondary N) is 1. The van der Waals surface area contributed by atoms with E-state index in [9.17, 15) is 14.1 Å². The minimum Gasteiger partial charge on any atom is -0.390 e. The molecule has 2 aromatic carbocycles. The quantitative estimate of drug-likeness (QED) is 0.399. The van der Waals surface area contributed by atoms with Crippen molar-refractivity contribution < 1.29 is 14.1 Å². The van der Waals surface area contributed by atoms with Gasteiger partial charge >= 0.3 is 0 Å². The number of benzene rings is 2. The molecule has 1 unspecified atom stereocenters. The number of aldehydes is 1. The first kappa shape index (κ1) is 27.6. The second-order valence-electron chi connectivity index (χ2n) is 8.91. The zero-order chi connectivity index (χ0) is 25.1. The molecule has 7 nitrogen and oxygen atoms in total. The highest BCUT2D eigenvalue weighted by molar-refractivity contribution is 7.86. The van der Waals surface area contributed by atoms with Gasteiger partial charge in [-0.1, -0.05) is 19.9 Å². The third kappa shape index (κ3) is 8.27. The van der Waals surface area contributed by atoms with Gasteiger partial charge in [-0.2, -0.15) is 0 Å². The van der Waals surface area contributed by atoms with Crippen molar-refractivity contribution in [3.63, 3.8) is 0 Å². The average Bonchev–Trinajstić information content (AvgIpc) is 2.82. The van der Waals surface area contributed by atoms with Crippen LogP contribution >= 0.6 is 0 Å². The molecule has 0 radical (unpaired) electrons. The summed E-state index contributed by atoms with van der Waals surface area (Å²) >= 11 is 0. The Morgan fingerprint density at radius 2 is 1.85 bits per heavy atom. The summed E-state index contributed by atoms with van der Waals surface area (Å²) in [5.41, 5.74) is 1.94. The topological polar surface area (TPSA) is 94.4 Å². The number of para-hydroxylation sites is 1. The summed E-state index contributed by atoms with van der Waals surface area (Å²) in [5.74, 6) is 0.610. The monoisotopic (exact) mass is 484 g/mol. The Morgan fingerprint density at radius 3 is 2.38 bits per heavy atom. The van der Waals surface area contributed by atoms with Crippen LogP contribution in [0.3, 0.4) is 0 Å². The number of anilines is 1. The molecule has 2 N–H and O–H groups in total. The van der Waals surface area contributed by atoms with Crippen LogP contribution in [0.5, 0.6) is 0 Å². The Kier molecular flexibility index (Phi) is 10.8. The van der Waals surface area contributed by atoms with Crippen molar-refractivity contribution in [2.45, 2.75) is 50.5 Å². The van der Waals surface area contributed by atoms with Crippen molar-refractivity contribution in [2.75, 3.05) is 24.9 Å². The Morgan fingerprint density at radius 1 is 1.21 bits per heavy atom. The summed E-state index contributed by atoms with van der Waals surface area (Å²) in [7, 11) is 0.612. The minimum atomic E-state index is -1.51. The number of piperidine rings is 1. The molecular weight excluding hydrogens is 448 g/mol. The van der Waals surface area contributed by atoms with Gasteiger partial charge in [-0.25, -0.2) is 4.21 Å². The predicted molar refractivity (Wildman–Crippen MR) is 142 cm³/mol. The smallest absolute Gasteiger partial charge is 0.152 e. The van der Waals surface area contributed by atoms with Gasteiger partial charge in [-0.3, -0.25) is 14.8 Å². The molecule has 2 aromatic rings. The first-order chi connectivity index (χ1) is 16.2. The zero-order valence-corrected chi connectivity index (χ0v) is 21.3. The van der Waals surface area contributed by atoms with E-state index in [2.05, 4.69) is 47.2 Å². The Labute approximate surface area is 205 Å². The number of nitrogens with zero attached hydrogens (tertiary/aromatic N) is 3. The molecule has 0 saturated carbocycles. The van der Waals surface area contributed by atoms with Gasteiger partial charge in [0.15, 0.2) is 11.0 Å². The van der Waals surface area contributed by atoms with Crippen molar-refractivity contribution in [2.24, 2.45) is 15.9 Å². The fraction of sp³-hybridized carbons (Fsp3) is 0.423. The van der Waals surface area contributed by atoms with Crippen LogP contribution in [0.25, 0.3) is 0 Å². The first-order valence-corrected chi connectivity index (χ1v) is 12.6. The summed E-state index contributed by atoms with van der Waals surface area (Å²) in [4.78, 5) is 21.6. The lowest BCUT2D eigenvalue weighted by Crippen LogP contribution is -2.43. The van der Waals surface area contributed by atoms with Crippen LogP contribution in [0.15, 0.2) is 57.3 Å². The SMILES string of the molecule is C=Nc1cccc(S(=O)Nc2ccc(C=O)cc2)c1N=CC.CC(C)CC1(O)CCN(C)CC1. The van der Waals surface area contributed by atoms with Crippen LogP contribution in [-0.4, -0.2) is 59.2 Å². The van der Waals surface area contributed by atoms with Crippen molar-refractivity contribution in [3.05, 3.63) is 48.0 Å². The number of carbonyl (C=O) groups is 1. The fourth-order valence-electron chi connectivity index (χ4n) is 3.84. The van der Waals surface area contributed by atoms with E-state index in [0.29, 0.717) is 33.4 Å². The van der Waals surface area contributed by atoms with Crippen molar-refractivity contribution >= 4 is 47.3 Å². The highest BCUT2D eigenvalue weighted by atomic mass is 32.2. The van der Waals surface area contributed by atoms with Gasteiger partial charge in [0.25, 0.3) is 0 Å². The fourth-order valence-corrected chi connectivity index (χ4v) is 4.83. The van der Waals surface area contributed by atoms with Crippen LogP contribution in [0.2, 0.25) is 0 Å². The molecule has 1 saturated heterocycles. The summed E-state index contributed by atoms with van der Waals surface area (Å²) in [6.07, 6.45) is 5.22. The number of aliphatic imine (C=N–C) groups is 2. The molecule has 184 valence electrons. The summed E-state index contributed by atoms with van der Waals surface area (Å²) in [6, 6.07) is 11.9. The number of carbonyl (C=O) groups excluding carboxylic acids is 1. The maximum Gasteiger partial charge on any atom is 0.152 e. The second kappa shape index (κ2) is 13.3. The normalized spacial score (nSPS) is 16.5. The average molecular weight is 485 g/mol. The van der Waals surface area contributed by atoms with Crippen LogP contribution in [0, 0.1) is 5.92 Å². The standard InChI is InChI=1S/C16H15N3O2S.C10H21NO/c1-3-18-16-14(17-2)5-4-6-15(16)22(21)19-13-9-7-12(11-20)8-10-13;1-9(2)8-10(12)4-6-11(3)7-5-10/h3-11,19H,2H2,1H3;9,12H,4-8H2,1-3H3. The maximum absolute atomic E-state index is 12.5. The van der Waals surface area contributed by atoms with Gasteiger partial charge in [-0.15, -0.1) is 0 Å². The van der Waals surface area contributed by atoms with Crippen molar-refractivity contribution in [3.8, 4) is 0 Å². The largest absolute Gasteiger partial charge is 0.390 e. The Hall–Kier alpha value is -2.68. The number of hydrogen-bond donors (Lipinski definition) is 2. The third-order valence-electron chi connectivity index (χ3n) is 5.57. The lowest BCUT2D eigenvalue weighted by Gasteiger charge is -2.37. The minimum absolute atomic E-state index is 0.360. The van der Waals surface area contributed by atoms with Gasteiger partial charge in [0.05, 0.1) is 16.2 Å². The van der Waals surface area contributed by atoms with E-state index in [1.165, 1.54) is 0 Å². The van der Waals surface area contributed by atoms with Crippen LogP contribution < -0.4 is 4.72 Å². The van der Waals surface area contributed by atoms with Crippen LogP contribution in [-0.2, 0) is 11.0 Å². The molecule has 1 aliphatic heterocycles. The van der Waals surface area contributed by atoms with Gasteiger partial charge in [0.2, 0.25) is 0 Å². The molecule has 0 spiro atoms. The Balaban J connectivity index is 0.000000287. The molecule has 3 rings (SSSR count). The molecule has 1 heterocycles. The second-order valence-corrected chi connectivity index (χ2v) is 10.1. The molecule has 0 aromatic heterocycles. The van der Waals surface area contributed by atoms with E-state index >= 15 is 0 Å². The summed E-state index contributed by atoms with van der Waals surface area (Å²) < 4.78 is 15.4. The molecule has 1 fully saturated rings. The van der Waals surface area contributed by atoms with E-state index in [1.54, 1.807) is 55.6 Å². The maximum atomic E-state index is 12.5. The zero-order valence-electron chi connectivity index (χ0n) is 20.5. The summed E-state index contributed by atoms with van der Waals surface area (Å²) in [6.45, 7) is 11.7. The molecule has 1 aliphatic rings. The lowest BCUT2D eigenvalue weighted by molar-refractivity contribution is -0.0311. The van der Waals surface area contributed by atoms with Crippen LogP contribution in [0.4, 0.5) is 17.1 Å². The van der Waals surface area contributed by atoms with Gasteiger partial charge in [0, 0.05) is 30.6 Å². The number of likely N-dealkylation sites (tertiary alicyclic amines) is 1. The lowest BCUT2D eigenvalue weighted by atomic mass is 9.84.